The van der Waals surface area contributed by atoms with Gasteiger partial charge in [0.05, 0.1) is 18.2 Å². The third-order valence-electron chi connectivity index (χ3n) is 3.37. The van der Waals surface area contributed by atoms with E-state index in [9.17, 15) is 13.6 Å². The summed E-state index contributed by atoms with van der Waals surface area (Å²) in [5.74, 6) is -1.43. The second-order valence-electron chi connectivity index (χ2n) is 4.61. The molecule has 5 heteroatoms. The Balaban J connectivity index is 1.98. The number of hydrogen-bond donors (Lipinski definition) is 0. The van der Waals surface area contributed by atoms with Crippen LogP contribution in [0, 0.1) is 17.6 Å². The van der Waals surface area contributed by atoms with E-state index < -0.39 is 11.6 Å². The second kappa shape index (κ2) is 5.99. The molecule has 1 saturated heterocycles. The SMILES string of the molecule is CCOC(=O)C1CCN(c2ccc(F)cc2F)CC1. The van der Waals surface area contributed by atoms with E-state index in [1.165, 1.54) is 12.1 Å². The minimum atomic E-state index is -0.581. The van der Waals surface area contributed by atoms with E-state index in [0.717, 1.165) is 6.07 Å². The highest BCUT2D eigenvalue weighted by atomic mass is 19.1. The van der Waals surface area contributed by atoms with E-state index in [1.54, 1.807) is 6.92 Å². The highest BCUT2D eigenvalue weighted by Gasteiger charge is 2.27. The molecule has 19 heavy (non-hydrogen) atoms. The molecule has 1 heterocycles. The Morgan fingerprint density at radius 3 is 2.63 bits per heavy atom. The van der Waals surface area contributed by atoms with E-state index in [1.807, 2.05) is 4.90 Å². The number of nitrogens with zero attached hydrogens (tertiary/aromatic N) is 1. The summed E-state index contributed by atoms with van der Waals surface area (Å²) in [4.78, 5) is 13.4. The van der Waals surface area contributed by atoms with E-state index >= 15 is 0 Å². The van der Waals surface area contributed by atoms with Crippen LogP contribution in [0.5, 0.6) is 0 Å². The lowest BCUT2D eigenvalue weighted by atomic mass is 9.96. The van der Waals surface area contributed by atoms with Crippen LogP contribution in [0.25, 0.3) is 0 Å². The normalized spacial score (nSPS) is 16.5. The molecular formula is C14H17F2NO2. The molecule has 0 unspecified atom stereocenters. The summed E-state index contributed by atoms with van der Waals surface area (Å²) >= 11 is 0. The number of esters is 1. The van der Waals surface area contributed by atoms with Gasteiger partial charge in [0.1, 0.15) is 11.6 Å². The first-order chi connectivity index (χ1) is 9.11. The molecule has 0 aromatic heterocycles. The predicted octanol–water partition coefficient (Wildman–Crippen LogP) is 2.74. The van der Waals surface area contributed by atoms with Crippen molar-refractivity contribution in [2.45, 2.75) is 19.8 Å². The molecular weight excluding hydrogens is 252 g/mol. The van der Waals surface area contributed by atoms with E-state index in [2.05, 4.69) is 0 Å². The number of piperidine rings is 1. The summed E-state index contributed by atoms with van der Waals surface area (Å²) in [6.45, 7) is 3.31. The third kappa shape index (κ3) is 3.22. The fourth-order valence-electron chi connectivity index (χ4n) is 2.35. The van der Waals surface area contributed by atoms with Gasteiger partial charge in [0.25, 0.3) is 0 Å². The molecule has 0 radical (unpaired) electrons. The number of anilines is 1. The first kappa shape index (κ1) is 13.8. The van der Waals surface area contributed by atoms with Gasteiger partial charge in [-0.05, 0) is 31.9 Å². The van der Waals surface area contributed by atoms with E-state index in [0.29, 0.717) is 38.2 Å². The molecule has 3 nitrogen and oxygen atoms in total. The Morgan fingerprint density at radius 1 is 1.37 bits per heavy atom. The monoisotopic (exact) mass is 269 g/mol. The lowest BCUT2D eigenvalue weighted by Crippen LogP contribution is -2.37. The zero-order chi connectivity index (χ0) is 13.8. The lowest BCUT2D eigenvalue weighted by molar-refractivity contribution is -0.148. The van der Waals surface area contributed by atoms with Crippen molar-refractivity contribution in [1.82, 2.24) is 0 Å². The summed E-state index contributed by atoms with van der Waals surface area (Å²) in [5, 5.41) is 0. The van der Waals surface area contributed by atoms with Crippen LogP contribution in [0.2, 0.25) is 0 Å². The van der Waals surface area contributed by atoms with Gasteiger partial charge in [0.15, 0.2) is 0 Å². The highest BCUT2D eigenvalue weighted by molar-refractivity contribution is 5.72. The summed E-state index contributed by atoms with van der Waals surface area (Å²) in [7, 11) is 0. The van der Waals surface area contributed by atoms with Crippen molar-refractivity contribution in [3.63, 3.8) is 0 Å². The van der Waals surface area contributed by atoms with Gasteiger partial charge >= 0.3 is 5.97 Å². The smallest absolute Gasteiger partial charge is 0.309 e. The fraction of sp³-hybridized carbons (Fsp3) is 0.500. The summed E-state index contributed by atoms with van der Waals surface area (Å²) in [6, 6.07) is 3.57. The number of halogens is 2. The summed E-state index contributed by atoms with van der Waals surface area (Å²) < 4.78 is 31.5. The molecule has 1 fully saturated rings. The molecule has 1 aliphatic heterocycles. The third-order valence-corrected chi connectivity index (χ3v) is 3.37. The molecule has 0 spiro atoms. The first-order valence-corrected chi connectivity index (χ1v) is 6.48. The van der Waals surface area contributed by atoms with Crippen molar-refractivity contribution in [2.75, 3.05) is 24.6 Å². The second-order valence-corrected chi connectivity index (χ2v) is 4.61. The molecule has 1 aromatic carbocycles. The van der Waals surface area contributed by atoms with Gasteiger partial charge in [0, 0.05) is 19.2 Å². The minimum absolute atomic E-state index is 0.111. The van der Waals surface area contributed by atoms with Crippen molar-refractivity contribution in [1.29, 1.82) is 0 Å². The van der Waals surface area contributed by atoms with Crippen molar-refractivity contribution in [2.24, 2.45) is 5.92 Å². The average Bonchev–Trinajstić information content (AvgIpc) is 2.39. The molecule has 0 atom stereocenters. The Labute approximate surface area is 111 Å². The molecule has 2 rings (SSSR count). The number of carbonyl (C=O) groups excluding carboxylic acids is 1. The van der Waals surface area contributed by atoms with Crippen LogP contribution in [-0.2, 0) is 9.53 Å². The van der Waals surface area contributed by atoms with Crippen LogP contribution < -0.4 is 4.90 Å². The van der Waals surface area contributed by atoms with Gasteiger partial charge in [-0.1, -0.05) is 0 Å². The summed E-state index contributed by atoms with van der Waals surface area (Å²) in [6.07, 6.45) is 1.27. The molecule has 1 aromatic rings. The number of hydrogen-bond acceptors (Lipinski definition) is 3. The largest absolute Gasteiger partial charge is 0.466 e. The topological polar surface area (TPSA) is 29.5 Å². The standard InChI is InChI=1S/C14H17F2NO2/c1-2-19-14(18)10-5-7-17(8-6-10)13-4-3-11(15)9-12(13)16/h3-4,9-10H,2,5-8H2,1H3. The van der Waals surface area contributed by atoms with Gasteiger partial charge in [-0.2, -0.15) is 0 Å². The number of benzene rings is 1. The maximum absolute atomic E-state index is 13.6. The number of ether oxygens (including phenoxy) is 1. The van der Waals surface area contributed by atoms with Crippen LogP contribution in [-0.4, -0.2) is 25.7 Å². The zero-order valence-electron chi connectivity index (χ0n) is 10.9. The minimum Gasteiger partial charge on any atom is -0.466 e. The van der Waals surface area contributed by atoms with Crippen molar-refractivity contribution in [3.05, 3.63) is 29.8 Å². The van der Waals surface area contributed by atoms with Crippen LogP contribution in [0.4, 0.5) is 14.5 Å². The highest BCUT2D eigenvalue weighted by Crippen LogP contribution is 2.26. The summed E-state index contributed by atoms with van der Waals surface area (Å²) in [5.41, 5.74) is 0.392. The van der Waals surface area contributed by atoms with Gasteiger partial charge in [-0.25, -0.2) is 8.78 Å². The number of carbonyl (C=O) groups is 1. The van der Waals surface area contributed by atoms with Gasteiger partial charge in [-0.3, -0.25) is 4.79 Å². The van der Waals surface area contributed by atoms with Crippen LogP contribution in [0.15, 0.2) is 18.2 Å². The Hall–Kier alpha value is -1.65. The Morgan fingerprint density at radius 2 is 2.05 bits per heavy atom. The molecule has 0 bridgehead atoms. The first-order valence-electron chi connectivity index (χ1n) is 6.48. The Kier molecular flexibility index (Phi) is 4.35. The number of rotatable bonds is 3. The molecule has 1 aliphatic rings. The fourth-order valence-corrected chi connectivity index (χ4v) is 2.35. The van der Waals surface area contributed by atoms with Gasteiger partial charge in [-0.15, -0.1) is 0 Å². The van der Waals surface area contributed by atoms with Crippen LogP contribution in [0.1, 0.15) is 19.8 Å². The van der Waals surface area contributed by atoms with Crippen LogP contribution in [0.3, 0.4) is 0 Å². The van der Waals surface area contributed by atoms with Crippen molar-refractivity contribution >= 4 is 11.7 Å². The maximum atomic E-state index is 13.6. The van der Waals surface area contributed by atoms with Crippen molar-refractivity contribution in [3.8, 4) is 0 Å². The predicted molar refractivity (Wildman–Crippen MR) is 67.9 cm³/mol. The zero-order valence-corrected chi connectivity index (χ0v) is 10.9. The molecule has 0 aliphatic carbocycles. The molecule has 104 valence electrons. The van der Waals surface area contributed by atoms with Crippen LogP contribution >= 0.6 is 0 Å². The lowest BCUT2D eigenvalue weighted by Gasteiger charge is -2.32. The molecule has 0 amide bonds. The average molecular weight is 269 g/mol. The van der Waals surface area contributed by atoms with Gasteiger partial charge < -0.3 is 9.64 Å². The molecule has 0 N–H and O–H groups in total. The van der Waals surface area contributed by atoms with Crippen molar-refractivity contribution < 1.29 is 18.3 Å². The Bertz CT molecular complexity index is 457. The van der Waals surface area contributed by atoms with E-state index in [-0.39, 0.29) is 11.9 Å². The maximum Gasteiger partial charge on any atom is 0.309 e. The van der Waals surface area contributed by atoms with E-state index in [4.69, 9.17) is 4.74 Å². The van der Waals surface area contributed by atoms with Gasteiger partial charge in [0.2, 0.25) is 0 Å². The quantitative estimate of drug-likeness (QED) is 0.790. The molecule has 0 saturated carbocycles.